The third kappa shape index (κ3) is 2.47. The molecule has 0 saturated heterocycles. The number of nitrogens with one attached hydrogen (secondary N) is 2. The van der Waals surface area contributed by atoms with Gasteiger partial charge in [0.25, 0.3) is 5.91 Å². The maximum Gasteiger partial charge on any atom is 0.289 e. The fourth-order valence-corrected chi connectivity index (χ4v) is 1.84. The molecule has 3 aromatic rings. The Morgan fingerprint density at radius 1 is 1.32 bits per heavy atom. The first-order valence-electron chi connectivity index (χ1n) is 5.95. The third-order valence-electron chi connectivity index (χ3n) is 2.75. The molecule has 3 rings (SSSR count). The summed E-state index contributed by atoms with van der Waals surface area (Å²) in [4.78, 5) is 19.2. The van der Waals surface area contributed by atoms with Crippen molar-refractivity contribution in [3.63, 3.8) is 0 Å². The number of aromatic nitrogens is 3. The number of carbonyl (C=O) groups excluding carboxylic acids is 1. The van der Waals surface area contributed by atoms with E-state index in [1.54, 1.807) is 0 Å². The topological polar surface area (TPSA) is 83.8 Å². The van der Waals surface area contributed by atoms with Gasteiger partial charge in [0.05, 0.1) is 17.2 Å². The summed E-state index contributed by atoms with van der Waals surface area (Å²) < 4.78 is 4.76. The maximum atomic E-state index is 11.6. The van der Waals surface area contributed by atoms with Crippen molar-refractivity contribution in [1.29, 1.82) is 0 Å². The van der Waals surface area contributed by atoms with Crippen LogP contribution < -0.4 is 5.32 Å². The van der Waals surface area contributed by atoms with Gasteiger partial charge in [-0.3, -0.25) is 4.79 Å². The average Bonchev–Trinajstić information content (AvgIpc) is 3.07. The highest BCUT2D eigenvalue weighted by Crippen LogP contribution is 2.10. The summed E-state index contributed by atoms with van der Waals surface area (Å²) in [6, 6.07) is 9.34. The van der Waals surface area contributed by atoms with Crippen LogP contribution in [0.2, 0.25) is 0 Å². The van der Waals surface area contributed by atoms with Gasteiger partial charge in [0.2, 0.25) is 5.76 Å². The Hall–Kier alpha value is -2.63. The molecule has 0 atom stereocenters. The second kappa shape index (κ2) is 4.93. The zero-order chi connectivity index (χ0) is 13.1. The maximum absolute atomic E-state index is 11.6. The van der Waals surface area contributed by atoms with Crippen LogP contribution in [-0.4, -0.2) is 27.6 Å². The van der Waals surface area contributed by atoms with E-state index in [2.05, 4.69) is 20.4 Å². The van der Waals surface area contributed by atoms with Crippen molar-refractivity contribution < 1.29 is 9.32 Å². The van der Waals surface area contributed by atoms with Crippen molar-refractivity contribution in [3.05, 3.63) is 48.1 Å². The minimum Gasteiger partial charge on any atom is -0.351 e. The standard InChI is InChI=1S/C13H12N4O2/c18-13(11-5-8-15-19-11)14-7-6-12-16-9-3-1-2-4-10(9)17-12/h1-5,8H,6-7H2,(H,14,18)(H,16,17). The molecule has 1 amide bonds. The van der Waals surface area contributed by atoms with E-state index in [1.807, 2.05) is 24.3 Å². The summed E-state index contributed by atoms with van der Waals surface area (Å²) in [5, 5.41) is 6.23. The Morgan fingerprint density at radius 2 is 2.21 bits per heavy atom. The van der Waals surface area contributed by atoms with E-state index < -0.39 is 0 Å². The highest BCUT2D eigenvalue weighted by atomic mass is 16.5. The zero-order valence-corrected chi connectivity index (χ0v) is 10.1. The first-order valence-corrected chi connectivity index (χ1v) is 5.95. The molecule has 0 aliphatic carbocycles. The molecule has 0 unspecified atom stereocenters. The van der Waals surface area contributed by atoms with E-state index >= 15 is 0 Å². The van der Waals surface area contributed by atoms with Crippen LogP contribution in [0, 0.1) is 0 Å². The highest BCUT2D eigenvalue weighted by Gasteiger charge is 2.09. The molecule has 2 heterocycles. The number of para-hydroxylation sites is 2. The Labute approximate surface area is 108 Å². The molecule has 0 spiro atoms. The Morgan fingerprint density at radius 3 is 3.00 bits per heavy atom. The molecule has 6 heteroatoms. The number of aromatic amines is 1. The lowest BCUT2D eigenvalue weighted by molar-refractivity contribution is 0.0917. The molecular weight excluding hydrogens is 244 g/mol. The first kappa shape index (κ1) is 11.5. The van der Waals surface area contributed by atoms with Gasteiger partial charge in [-0.15, -0.1) is 0 Å². The fraction of sp³-hybridized carbons (Fsp3) is 0.154. The van der Waals surface area contributed by atoms with Gasteiger partial charge in [-0.05, 0) is 12.1 Å². The summed E-state index contributed by atoms with van der Waals surface area (Å²) in [6.45, 7) is 0.485. The van der Waals surface area contributed by atoms with E-state index in [9.17, 15) is 4.79 Å². The number of amides is 1. The SMILES string of the molecule is O=C(NCCc1nc2ccccc2[nH]1)c1ccno1. The van der Waals surface area contributed by atoms with Crippen molar-refractivity contribution in [2.24, 2.45) is 0 Å². The van der Waals surface area contributed by atoms with Crippen molar-refractivity contribution in [1.82, 2.24) is 20.4 Å². The van der Waals surface area contributed by atoms with Gasteiger partial charge < -0.3 is 14.8 Å². The second-order valence-electron chi connectivity index (χ2n) is 4.08. The quantitative estimate of drug-likeness (QED) is 0.741. The summed E-state index contributed by atoms with van der Waals surface area (Å²) in [7, 11) is 0. The minimum absolute atomic E-state index is 0.213. The van der Waals surface area contributed by atoms with Crippen molar-refractivity contribution >= 4 is 16.9 Å². The summed E-state index contributed by atoms with van der Waals surface area (Å²) in [5.41, 5.74) is 1.93. The number of nitrogens with zero attached hydrogens (tertiary/aromatic N) is 2. The lowest BCUT2D eigenvalue weighted by atomic mass is 10.3. The number of hydrogen-bond donors (Lipinski definition) is 2. The van der Waals surface area contributed by atoms with Crippen LogP contribution in [0.3, 0.4) is 0 Å². The molecule has 1 aromatic carbocycles. The van der Waals surface area contributed by atoms with Crippen LogP contribution in [-0.2, 0) is 6.42 Å². The van der Waals surface area contributed by atoms with Gasteiger partial charge in [-0.2, -0.15) is 0 Å². The molecular formula is C13H12N4O2. The van der Waals surface area contributed by atoms with Gasteiger partial charge in [-0.25, -0.2) is 4.98 Å². The Bertz CT molecular complexity index is 655. The first-order chi connectivity index (χ1) is 9.33. The van der Waals surface area contributed by atoms with Gasteiger partial charge in [0, 0.05) is 19.0 Å². The van der Waals surface area contributed by atoms with Crippen molar-refractivity contribution in [2.45, 2.75) is 6.42 Å². The summed E-state index contributed by atoms with van der Waals surface area (Å²) >= 11 is 0. The van der Waals surface area contributed by atoms with Crippen LogP contribution in [0.1, 0.15) is 16.4 Å². The summed E-state index contributed by atoms with van der Waals surface area (Å²) in [5.74, 6) is 0.789. The molecule has 6 nitrogen and oxygen atoms in total. The second-order valence-corrected chi connectivity index (χ2v) is 4.08. The molecule has 0 bridgehead atoms. The minimum atomic E-state index is -0.270. The van der Waals surface area contributed by atoms with Gasteiger partial charge >= 0.3 is 0 Å². The van der Waals surface area contributed by atoms with Crippen molar-refractivity contribution in [2.75, 3.05) is 6.54 Å². The normalized spacial score (nSPS) is 10.7. The molecule has 0 radical (unpaired) electrons. The number of fused-ring (bicyclic) bond motifs is 1. The van der Waals surface area contributed by atoms with E-state index in [0.717, 1.165) is 16.9 Å². The highest BCUT2D eigenvalue weighted by molar-refractivity contribution is 5.91. The van der Waals surface area contributed by atoms with Crippen LogP contribution in [0.15, 0.2) is 41.1 Å². The van der Waals surface area contributed by atoms with Gasteiger partial charge in [-0.1, -0.05) is 17.3 Å². The number of rotatable bonds is 4. The molecule has 0 fully saturated rings. The number of H-pyrrole nitrogens is 1. The molecule has 96 valence electrons. The molecule has 2 N–H and O–H groups in total. The van der Waals surface area contributed by atoms with Gasteiger partial charge in [0.15, 0.2) is 0 Å². The average molecular weight is 256 g/mol. The largest absolute Gasteiger partial charge is 0.351 e. The lowest BCUT2D eigenvalue weighted by Gasteiger charge is -2.00. The predicted octanol–water partition coefficient (Wildman–Crippen LogP) is 1.52. The Balaban J connectivity index is 1.59. The van der Waals surface area contributed by atoms with Crippen LogP contribution in [0.5, 0.6) is 0 Å². The molecule has 0 aliphatic heterocycles. The number of hydrogen-bond acceptors (Lipinski definition) is 4. The van der Waals surface area contributed by atoms with Crippen LogP contribution >= 0.6 is 0 Å². The van der Waals surface area contributed by atoms with E-state index in [-0.39, 0.29) is 11.7 Å². The van der Waals surface area contributed by atoms with Gasteiger partial charge in [0.1, 0.15) is 5.82 Å². The fourth-order valence-electron chi connectivity index (χ4n) is 1.84. The van der Waals surface area contributed by atoms with E-state index in [4.69, 9.17) is 4.52 Å². The summed E-state index contributed by atoms with van der Waals surface area (Å²) in [6.07, 6.45) is 2.07. The molecule has 2 aromatic heterocycles. The third-order valence-corrected chi connectivity index (χ3v) is 2.75. The monoisotopic (exact) mass is 256 g/mol. The van der Waals surface area contributed by atoms with Crippen molar-refractivity contribution in [3.8, 4) is 0 Å². The van der Waals surface area contributed by atoms with E-state index in [1.165, 1.54) is 12.3 Å². The Kier molecular flexibility index (Phi) is 2.97. The molecule has 0 aliphatic rings. The number of imidazole rings is 1. The van der Waals surface area contributed by atoms with Crippen LogP contribution in [0.25, 0.3) is 11.0 Å². The predicted molar refractivity (Wildman–Crippen MR) is 68.6 cm³/mol. The number of benzene rings is 1. The molecule has 19 heavy (non-hydrogen) atoms. The lowest BCUT2D eigenvalue weighted by Crippen LogP contribution is -2.25. The smallest absolute Gasteiger partial charge is 0.289 e. The molecule has 0 saturated carbocycles. The van der Waals surface area contributed by atoms with E-state index in [0.29, 0.717) is 13.0 Å². The van der Waals surface area contributed by atoms with Crippen LogP contribution in [0.4, 0.5) is 0 Å². The number of carbonyl (C=O) groups is 1. The zero-order valence-electron chi connectivity index (χ0n) is 10.1.